The first-order valence-corrected chi connectivity index (χ1v) is 7.21. The molecule has 1 heterocycles. The molecule has 1 saturated heterocycles. The quantitative estimate of drug-likeness (QED) is 0.882. The van der Waals surface area contributed by atoms with Gasteiger partial charge in [-0.25, -0.2) is 0 Å². The second kappa shape index (κ2) is 6.27. The third kappa shape index (κ3) is 3.12. The number of benzene rings is 1. The maximum absolute atomic E-state index is 12.6. The summed E-state index contributed by atoms with van der Waals surface area (Å²) in [5, 5.41) is 6.48. The van der Waals surface area contributed by atoms with Crippen LogP contribution in [0.2, 0.25) is 0 Å². The summed E-state index contributed by atoms with van der Waals surface area (Å²) in [6, 6.07) is 7.99. The monoisotopic (exact) mass is 276 g/mol. The standard InChI is InChI=1S/C16H24N2O2/c1-16(2,13-6-4-5-7-14(13)20-3)15(19)18-12-8-10-17-11-9-12/h4-7,12,17H,8-11H2,1-3H3,(H,18,19). The molecule has 110 valence electrons. The zero-order valence-electron chi connectivity index (χ0n) is 12.5. The van der Waals surface area contributed by atoms with Crippen LogP contribution in [0, 0.1) is 0 Å². The van der Waals surface area contributed by atoms with E-state index in [4.69, 9.17) is 4.74 Å². The zero-order valence-corrected chi connectivity index (χ0v) is 12.5. The van der Waals surface area contributed by atoms with E-state index >= 15 is 0 Å². The minimum Gasteiger partial charge on any atom is -0.496 e. The fraction of sp³-hybridized carbons (Fsp3) is 0.562. The maximum Gasteiger partial charge on any atom is 0.230 e. The smallest absolute Gasteiger partial charge is 0.230 e. The van der Waals surface area contributed by atoms with E-state index in [9.17, 15) is 4.79 Å². The predicted molar refractivity (Wildman–Crippen MR) is 80.1 cm³/mol. The van der Waals surface area contributed by atoms with Crippen molar-refractivity contribution in [3.8, 4) is 5.75 Å². The van der Waals surface area contributed by atoms with Gasteiger partial charge in [-0.2, -0.15) is 0 Å². The minimum absolute atomic E-state index is 0.0638. The highest BCUT2D eigenvalue weighted by Gasteiger charge is 2.33. The topological polar surface area (TPSA) is 50.4 Å². The number of carbonyl (C=O) groups is 1. The van der Waals surface area contributed by atoms with E-state index in [-0.39, 0.29) is 11.9 Å². The second-order valence-corrected chi connectivity index (χ2v) is 5.82. The number of hydrogen-bond donors (Lipinski definition) is 2. The van der Waals surface area contributed by atoms with Crippen molar-refractivity contribution in [2.45, 2.75) is 38.1 Å². The van der Waals surface area contributed by atoms with E-state index in [2.05, 4.69) is 10.6 Å². The molecule has 4 heteroatoms. The number of ether oxygens (including phenoxy) is 1. The van der Waals surface area contributed by atoms with Crippen molar-refractivity contribution in [1.29, 1.82) is 0 Å². The van der Waals surface area contributed by atoms with Crippen LogP contribution < -0.4 is 15.4 Å². The Balaban J connectivity index is 2.13. The highest BCUT2D eigenvalue weighted by molar-refractivity contribution is 5.88. The molecule has 0 unspecified atom stereocenters. The Morgan fingerprint density at radius 1 is 1.30 bits per heavy atom. The van der Waals surface area contributed by atoms with Crippen molar-refractivity contribution < 1.29 is 9.53 Å². The first kappa shape index (κ1) is 14.9. The molecule has 1 amide bonds. The molecule has 1 aromatic carbocycles. The number of piperidine rings is 1. The molecule has 1 aromatic rings. The van der Waals surface area contributed by atoms with Gasteiger partial charge in [0, 0.05) is 11.6 Å². The molecule has 2 rings (SSSR count). The summed E-state index contributed by atoms with van der Waals surface area (Å²) in [6.07, 6.45) is 1.99. The molecule has 4 nitrogen and oxygen atoms in total. The van der Waals surface area contributed by atoms with Crippen molar-refractivity contribution in [2.75, 3.05) is 20.2 Å². The van der Waals surface area contributed by atoms with Gasteiger partial charge in [-0.05, 0) is 45.8 Å². The van der Waals surface area contributed by atoms with E-state index in [1.807, 2.05) is 38.1 Å². The summed E-state index contributed by atoms with van der Waals surface area (Å²) in [6.45, 7) is 5.84. The van der Waals surface area contributed by atoms with Gasteiger partial charge in [0.05, 0.1) is 12.5 Å². The Labute approximate surface area is 120 Å². The third-order valence-corrected chi connectivity index (χ3v) is 4.02. The van der Waals surface area contributed by atoms with Gasteiger partial charge in [-0.1, -0.05) is 18.2 Å². The molecular formula is C16H24N2O2. The van der Waals surface area contributed by atoms with E-state index in [0.29, 0.717) is 0 Å². The fourth-order valence-corrected chi connectivity index (χ4v) is 2.62. The van der Waals surface area contributed by atoms with Crippen molar-refractivity contribution in [3.63, 3.8) is 0 Å². The molecule has 1 aliphatic rings. The van der Waals surface area contributed by atoms with Crippen LogP contribution in [0.15, 0.2) is 24.3 Å². The number of methoxy groups -OCH3 is 1. The lowest BCUT2D eigenvalue weighted by Crippen LogP contribution is -2.48. The molecule has 1 fully saturated rings. The van der Waals surface area contributed by atoms with Gasteiger partial charge >= 0.3 is 0 Å². The molecule has 0 aromatic heterocycles. The van der Waals surface area contributed by atoms with Crippen LogP contribution in [0.1, 0.15) is 32.3 Å². The van der Waals surface area contributed by atoms with E-state index < -0.39 is 5.41 Å². The van der Waals surface area contributed by atoms with Crippen LogP contribution in [-0.4, -0.2) is 32.1 Å². The SMILES string of the molecule is COc1ccccc1C(C)(C)C(=O)NC1CCNCC1. The largest absolute Gasteiger partial charge is 0.496 e. The van der Waals surface area contributed by atoms with Crippen LogP contribution >= 0.6 is 0 Å². The molecule has 0 bridgehead atoms. The number of nitrogens with one attached hydrogen (secondary N) is 2. The Morgan fingerprint density at radius 2 is 1.95 bits per heavy atom. The Hall–Kier alpha value is -1.55. The molecular weight excluding hydrogens is 252 g/mol. The third-order valence-electron chi connectivity index (χ3n) is 4.02. The van der Waals surface area contributed by atoms with Gasteiger partial charge in [0.15, 0.2) is 0 Å². The van der Waals surface area contributed by atoms with Gasteiger partial charge in [0.25, 0.3) is 0 Å². The lowest BCUT2D eigenvalue weighted by Gasteiger charge is -2.30. The summed E-state index contributed by atoms with van der Waals surface area (Å²) >= 11 is 0. The van der Waals surface area contributed by atoms with E-state index in [1.165, 1.54) is 0 Å². The van der Waals surface area contributed by atoms with Crippen molar-refractivity contribution in [2.24, 2.45) is 0 Å². The van der Waals surface area contributed by atoms with Crippen LogP contribution in [0.5, 0.6) is 5.75 Å². The summed E-state index contributed by atoms with van der Waals surface area (Å²) in [5.41, 5.74) is 0.325. The first-order chi connectivity index (χ1) is 9.55. The Kier molecular flexibility index (Phi) is 4.65. The zero-order chi connectivity index (χ0) is 14.6. The number of carbonyl (C=O) groups excluding carboxylic acids is 1. The van der Waals surface area contributed by atoms with E-state index in [0.717, 1.165) is 37.2 Å². The normalized spacial score (nSPS) is 16.8. The minimum atomic E-state index is -0.600. The van der Waals surface area contributed by atoms with Crippen molar-refractivity contribution in [3.05, 3.63) is 29.8 Å². The van der Waals surface area contributed by atoms with Crippen LogP contribution in [-0.2, 0) is 10.2 Å². The number of para-hydroxylation sites is 1. The number of hydrogen-bond acceptors (Lipinski definition) is 3. The molecule has 0 radical (unpaired) electrons. The van der Waals surface area contributed by atoms with Crippen LogP contribution in [0.4, 0.5) is 0 Å². The summed E-state index contributed by atoms with van der Waals surface area (Å²) in [7, 11) is 1.64. The van der Waals surface area contributed by atoms with Gasteiger partial charge in [0.1, 0.15) is 5.75 Å². The predicted octanol–water partition coefficient (Wildman–Crippen LogP) is 1.84. The number of amides is 1. The molecule has 0 aliphatic carbocycles. The summed E-state index contributed by atoms with van der Waals surface area (Å²) < 4.78 is 5.38. The van der Waals surface area contributed by atoms with Gasteiger partial charge in [-0.3, -0.25) is 4.79 Å². The van der Waals surface area contributed by atoms with Gasteiger partial charge in [0.2, 0.25) is 5.91 Å². The summed E-state index contributed by atoms with van der Waals surface area (Å²) in [4.78, 5) is 12.6. The average Bonchev–Trinajstić information content (AvgIpc) is 2.48. The van der Waals surface area contributed by atoms with E-state index in [1.54, 1.807) is 7.11 Å². The molecule has 1 aliphatic heterocycles. The fourth-order valence-electron chi connectivity index (χ4n) is 2.62. The summed E-state index contributed by atoms with van der Waals surface area (Å²) in [5.74, 6) is 0.826. The maximum atomic E-state index is 12.6. The second-order valence-electron chi connectivity index (χ2n) is 5.82. The molecule has 0 spiro atoms. The lowest BCUT2D eigenvalue weighted by molar-refractivity contribution is -0.126. The molecule has 20 heavy (non-hydrogen) atoms. The van der Waals surface area contributed by atoms with Gasteiger partial charge < -0.3 is 15.4 Å². The van der Waals surface area contributed by atoms with Crippen LogP contribution in [0.25, 0.3) is 0 Å². The van der Waals surface area contributed by atoms with Crippen molar-refractivity contribution >= 4 is 5.91 Å². The lowest BCUT2D eigenvalue weighted by atomic mass is 9.82. The Morgan fingerprint density at radius 3 is 2.60 bits per heavy atom. The average molecular weight is 276 g/mol. The highest BCUT2D eigenvalue weighted by atomic mass is 16.5. The Bertz CT molecular complexity index is 465. The highest BCUT2D eigenvalue weighted by Crippen LogP contribution is 2.31. The number of rotatable bonds is 4. The van der Waals surface area contributed by atoms with Crippen LogP contribution in [0.3, 0.4) is 0 Å². The molecule has 2 N–H and O–H groups in total. The molecule has 0 saturated carbocycles. The molecule has 0 atom stereocenters. The van der Waals surface area contributed by atoms with Gasteiger partial charge in [-0.15, -0.1) is 0 Å². The van der Waals surface area contributed by atoms with Crippen molar-refractivity contribution in [1.82, 2.24) is 10.6 Å². The first-order valence-electron chi connectivity index (χ1n) is 7.21.